The van der Waals surface area contributed by atoms with Crippen molar-refractivity contribution in [2.75, 3.05) is 26.8 Å². The first-order chi connectivity index (χ1) is 12.2. The lowest BCUT2D eigenvalue weighted by atomic mass is 10.1. The maximum Gasteiger partial charge on any atom is 0.273 e. The predicted molar refractivity (Wildman–Crippen MR) is 88.9 cm³/mol. The van der Waals surface area contributed by atoms with Crippen LogP contribution in [-0.4, -0.2) is 68.4 Å². The van der Waals surface area contributed by atoms with Crippen LogP contribution in [0.5, 0.6) is 0 Å². The lowest BCUT2D eigenvalue weighted by Gasteiger charge is -2.39. The van der Waals surface area contributed by atoms with Crippen LogP contribution in [0.3, 0.4) is 0 Å². The van der Waals surface area contributed by atoms with Gasteiger partial charge in [-0.15, -0.1) is 5.10 Å². The molecule has 4 rings (SSSR count). The summed E-state index contributed by atoms with van der Waals surface area (Å²) in [6.45, 7) is 3.94. The molecular weight excluding hydrogens is 322 g/mol. The summed E-state index contributed by atoms with van der Waals surface area (Å²) in [5.41, 5.74) is 1.58. The molecule has 134 valence electrons. The lowest BCUT2D eigenvalue weighted by molar-refractivity contribution is 0.0790. The minimum atomic E-state index is -0.135. The largest absolute Gasteiger partial charge is 0.383 e. The van der Waals surface area contributed by atoms with Crippen molar-refractivity contribution >= 4 is 5.91 Å². The van der Waals surface area contributed by atoms with Crippen LogP contribution in [0, 0.1) is 0 Å². The third kappa shape index (κ3) is 3.88. The van der Waals surface area contributed by atoms with Gasteiger partial charge in [-0.25, -0.2) is 4.68 Å². The number of rotatable bonds is 8. The molecule has 3 heterocycles. The smallest absolute Gasteiger partial charge is 0.273 e. The van der Waals surface area contributed by atoms with Crippen molar-refractivity contribution in [2.45, 2.75) is 38.0 Å². The van der Waals surface area contributed by atoms with Crippen LogP contribution >= 0.6 is 0 Å². The molecule has 2 aromatic rings. The number of amides is 1. The molecule has 1 N–H and O–H groups in total. The molecule has 0 radical (unpaired) electrons. The van der Waals surface area contributed by atoms with Crippen LogP contribution in [0.25, 0.3) is 0 Å². The van der Waals surface area contributed by atoms with Crippen LogP contribution in [0.15, 0.2) is 18.6 Å². The third-order valence-corrected chi connectivity index (χ3v) is 4.57. The molecule has 0 aromatic carbocycles. The van der Waals surface area contributed by atoms with Gasteiger partial charge in [0.1, 0.15) is 0 Å². The molecular formula is C16H23N7O2. The fraction of sp³-hybridized carbons (Fsp3) is 0.625. The number of hydrogen-bond donors (Lipinski definition) is 1. The summed E-state index contributed by atoms with van der Waals surface area (Å²) in [6, 6.07) is 0.611. The standard InChI is InChI=1S/C16H23N7O2/c1-25-5-4-22-8-12(6-17-22)7-21-9-13(10-21)18-16(24)15-11-23(20-19-15)14-2-3-14/h6,8,11,13-14H,2-5,7,9-10H2,1H3,(H,18,24). The van der Waals surface area contributed by atoms with Gasteiger partial charge in [0.05, 0.1) is 37.6 Å². The van der Waals surface area contributed by atoms with Crippen molar-refractivity contribution in [3.63, 3.8) is 0 Å². The molecule has 9 heteroatoms. The van der Waals surface area contributed by atoms with Gasteiger partial charge in [0.2, 0.25) is 0 Å². The first-order valence-corrected chi connectivity index (χ1v) is 8.66. The average Bonchev–Trinajstić information content (AvgIpc) is 3.13. The fourth-order valence-electron chi connectivity index (χ4n) is 3.00. The second-order valence-corrected chi connectivity index (χ2v) is 6.78. The third-order valence-electron chi connectivity index (χ3n) is 4.57. The highest BCUT2D eigenvalue weighted by atomic mass is 16.5. The lowest BCUT2D eigenvalue weighted by Crippen LogP contribution is -2.58. The summed E-state index contributed by atoms with van der Waals surface area (Å²) < 4.78 is 8.74. The molecule has 0 atom stereocenters. The molecule has 1 amide bonds. The van der Waals surface area contributed by atoms with E-state index in [0.717, 1.165) is 39.0 Å². The van der Waals surface area contributed by atoms with E-state index in [1.807, 2.05) is 17.1 Å². The maximum atomic E-state index is 12.2. The van der Waals surface area contributed by atoms with Crippen LogP contribution in [0.1, 0.15) is 34.9 Å². The molecule has 2 fully saturated rings. The number of hydrogen-bond acceptors (Lipinski definition) is 6. The van der Waals surface area contributed by atoms with Crippen molar-refractivity contribution in [3.8, 4) is 0 Å². The van der Waals surface area contributed by atoms with Crippen LogP contribution in [0.2, 0.25) is 0 Å². The van der Waals surface area contributed by atoms with Crippen LogP contribution in [0.4, 0.5) is 0 Å². The predicted octanol–water partition coefficient (Wildman–Crippen LogP) is 0.0701. The summed E-state index contributed by atoms with van der Waals surface area (Å²) in [4.78, 5) is 14.5. The summed E-state index contributed by atoms with van der Waals surface area (Å²) in [7, 11) is 1.69. The van der Waals surface area contributed by atoms with E-state index in [9.17, 15) is 4.79 Å². The molecule has 1 aliphatic carbocycles. The number of carbonyl (C=O) groups is 1. The van der Waals surface area contributed by atoms with Gasteiger partial charge in [0, 0.05) is 38.5 Å². The van der Waals surface area contributed by atoms with Gasteiger partial charge in [-0.05, 0) is 12.8 Å². The Hall–Kier alpha value is -2.26. The minimum absolute atomic E-state index is 0.135. The van der Waals surface area contributed by atoms with Crippen molar-refractivity contribution in [1.29, 1.82) is 0 Å². The Balaban J connectivity index is 1.20. The zero-order chi connectivity index (χ0) is 17.2. The molecule has 2 aromatic heterocycles. The number of nitrogens with zero attached hydrogens (tertiary/aromatic N) is 6. The Morgan fingerprint density at radius 2 is 2.20 bits per heavy atom. The Bertz CT molecular complexity index is 730. The van der Waals surface area contributed by atoms with E-state index in [-0.39, 0.29) is 11.9 Å². The molecule has 9 nitrogen and oxygen atoms in total. The molecule has 0 spiro atoms. The number of nitrogens with one attached hydrogen (secondary N) is 1. The highest BCUT2D eigenvalue weighted by Crippen LogP contribution is 2.33. The average molecular weight is 345 g/mol. The van der Waals surface area contributed by atoms with E-state index in [1.165, 1.54) is 5.56 Å². The summed E-state index contributed by atoms with van der Waals surface area (Å²) in [5, 5.41) is 15.3. The van der Waals surface area contributed by atoms with E-state index in [0.29, 0.717) is 18.3 Å². The van der Waals surface area contributed by atoms with E-state index in [4.69, 9.17) is 4.74 Å². The van der Waals surface area contributed by atoms with Gasteiger partial charge < -0.3 is 10.1 Å². The monoisotopic (exact) mass is 345 g/mol. The number of methoxy groups -OCH3 is 1. The Morgan fingerprint density at radius 1 is 1.36 bits per heavy atom. The molecule has 25 heavy (non-hydrogen) atoms. The summed E-state index contributed by atoms with van der Waals surface area (Å²) in [6.07, 6.45) is 7.94. The fourth-order valence-corrected chi connectivity index (χ4v) is 3.00. The van der Waals surface area contributed by atoms with E-state index < -0.39 is 0 Å². The molecule has 1 aliphatic heterocycles. The molecule has 1 saturated heterocycles. The quantitative estimate of drug-likeness (QED) is 0.728. The number of likely N-dealkylation sites (tertiary alicyclic amines) is 1. The summed E-state index contributed by atoms with van der Waals surface area (Å²) >= 11 is 0. The second-order valence-electron chi connectivity index (χ2n) is 6.78. The van der Waals surface area contributed by atoms with Crippen molar-refractivity contribution in [2.24, 2.45) is 0 Å². The van der Waals surface area contributed by atoms with Crippen LogP contribution in [-0.2, 0) is 17.8 Å². The highest BCUT2D eigenvalue weighted by molar-refractivity contribution is 5.92. The van der Waals surface area contributed by atoms with Crippen molar-refractivity contribution in [1.82, 2.24) is 35.0 Å². The summed E-state index contributed by atoms with van der Waals surface area (Å²) in [5.74, 6) is -0.135. The molecule has 0 unspecified atom stereocenters. The highest BCUT2D eigenvalue weighted by Gasteiger charge is 2.30. The Morgan fingerprint density at radius 3 is 2.96 bits per heavy atom. The first kappa shape index (κ1) is 16.2. The van der Waals surface area contributed by atoms with Gasteiger partial charge in [0.15, 0.2) is 5.69 Å². The second kappa shape index (κ2) is 6.93. The zero-order valence-corrected chi connectivity index (χ0v) is 14.3. The van der Waals surface area contributed by atoms with Gasteiger partial charge in [0.25, 0.3) is 5.91 Å². The zero-order valence-electron chi connectivity index (χ0n) is 14.3. The molecule has 2 aliphatic rings. The minimum Gasteiger partial charge on any atom is -0.383 e. The normalized spacial score (nSPS) is 18.3. The van der Waals surface area contributed by atoms with Gasteiger partial charge in [-0.1, -0.05) is 5.21 Å². The Kier molecular flexibility index (Phi) is 4.50. The number of carbonyl (C=O) groups excluding carboxylic acids is 1. The topological polar surface area (TPSA) is 90.1 Å². The van der Waals surface area contributed by atoms with Crippen molar-refractivity contribution < 1.29 is 9.53 Å². The number of aromatic nitrogens is 5. The Labute approximate surface area is 145 Å². The van der Waals surface area contributed by atoms with Gasteiger partial charge >= 0.3 is 0 Å². The SMILES string of the molecule is COCCn1cc(CN2CC(NC(=O)c3cn(C4CC4)nn3)C2)cn1. The molecule has 0 bridgehead atoms. The molecule has 1 saturated carbocycles. The van der Waals surface area contributed by atoms with E-state index in [1.54, 1.807) is 18.0 Å². The maximum absolute atomic E-state index is 12.2. The van der Waals surface area contributed by atoms with Gasteiger partial charge in [-0.2, -0.15) is 5.10 Å². The van der Waals surface area contributed by atoms with E-state index in [2.05, 4.69) is 25.6 Å². The van der Waals surface area contributed by atoms with Crippen molar-refractivity contribution in [3.05, 3.63) is 29.8 Å². The van der Waals surface area contributed by atoms with Crippen LogP contribution < -0.4 is 5.32 Å². The number of ether oxygens (including phenoxy) is 1. The van der Waals surface area contributed by atoms with Gasteiger partial charge in [-0.3, -0.25) is 14.4 Å². The van der Waals surface area contributed by atoms with E-state index >= 15 is 0 Å². The first-order valence-electron chi connectivity index (χ1n) is 8.66.